The second kappa shape index (κ2) is 7.94. The van der Waals surface area contributed by atoms with Crippen molar-refractivity contribution in [2.75, 3.05) is 0 Å². The molecule has 4 heterocycles. The van der Waals surface area contributed by atoms with E-state index in [1.54, 1.807) is 12.4 Å². The highest BCUT2D eigenvalue weighted by atomic mass is 16.3. The molecule has 0 saturated heterocycles. The summed E-state index contributed by atoms with van der Waals surface area (Å²) in [6, 6.07) is 35.5. The molecular weight excluding hydrogens is 494 g/mol. The van der Waals surface area contributed by atoms with Crippen molar-refractivity contribution in [2.45, 2.75) is 0 Å². The molecule has 4 aromatic heterocycles. The lowest BCUT2D eigenvalue weighted by Crippen LogP contribution is -2.04. The van der Waals surface area contributed by atoms with Crippen molar-refractivity contribution in [2.24, 2.45) is 0 Å². The summed E-state index contributed by atoms with van der Waals surface area (Å²) in [5.74, 6) is 1.22. The van der Waals surface area contributed by atoms with E-state index in [1.807, 2.05) is 30.3 Å². The largest absolute Gasteiger partial charge is 0.455 e. The first-order chi connectivity index (χ1) is 19.8. The summed E-state index contributed by atoms with van der Waals surface area (Å²) in [5.41, 5.74) is 5.67. The minimum atomic E-state index is 0.530. The number of furan rings is 1. The minimum absolute atomic E-state index is 0.530. The summed E-state index contributed by atoms with van der Waals surface area (Å²) in [5, 5.41) is 6.76. The molecule has 9 aromatic rings. The highest BCUT2D eigenvalue weighted by molar-refractivity contribution is 6.14. The highest BCUT2D eigenvalue weighted by Gasteiger charge is 2.21. The van der Waals surface area contributed by atoms with Crippen LogP contribution in [0.1, 0.15) is 0 Å². The van der Waals surface area contributed by atoms with E-state index in [2.05, 4.69) is 82.3 Å². The van der Waals surface area contributed by atoms with Crippen LogP contribution in [0.3, 0.4) is 0 Å². The third kappa shape index (κ3) is 2.93. The van der Waals surface area contributed by atoms with Gasteiger partial charge in [0.25, 0.3) is 0 Å². The Kier molecular flexibility index (Phi) is 4.24. The van der Waals surface area contributed by atoms with Crippen LogP contribution in [-0.2, 0) is 0 Å². The van der Waals surface area contributed by atoms with Gasteiger partial charge in [-0.3, -0.25) is 4.57 Å². The van der Waals surface area contributed by atoms with Crippen molar-refractivity contribution < 1.29 is 4.42 Å². The molecule has 0 spiro atoms. The molecule has 0 N–H and O–H groups in total. The lowest BCUT2D eigenvalue weighted by Gasteiger charge is -2.12. The average molecular weight is 514 g/mol. The molecule has 186 valence electrons. The molecule has 0 atom stereocenters. The molecule has 0 aliphatic rings. The third-order valence-corrected chi connectivity index (χ3v) is 7.71. The lowest BCUT2D eigenvalue weighted by atomic mass is 10.1. The lowest BCUT2D eigenvalue weighted by molar-refractivity contribution is 0.669. The Hall–Kier alpha value is -5.62. The van der Waals surface area contributed by atoms with Gasteiger partial charge < -0.3 is 4.42 Å². The monoisotopic (exact) mass is 513 g/mol. The molecule has 0 aliphatic heterocycles. The zero-order valence-corrected chi connectivity index (χ0v) is 21.1. The number of fused-ring (bicyclic) bond motifs is 8. The number of nitrogens with zero attached hydrogens (tertiary/aromatic N) is 5. The molecular formula is C34H19N5O. The van der Waals surface area contributed by atoms with Gasteiger partial charge in [0.1, 0.15) is 11.2 Å². The van der Waals surface area contributed by atoms with Crippen molar-refractivity contribution >= 4 is 65.7 Å². The fraction of sp³-hybridized carbons (Fsp3) is 0. The molecule has 0 saturated carbocycles. The van der Waals surface area contributed by atoms with Crippen LogP contribution in [0.4, 0.5) is 0 Å². The Morgan fingerprint density at radius 3 is 2.25 bits per heavy atom. The van der Waals surface area contributed by atoms with Gasteiger partial charge in [0.2, 0.25) is 0 Å². The molecule has 40 heavy (non-hydrogen) atoms. The van der Waals surface area contributed by atoms with Gasteiger partial charge in [0.15, 0.2) is 22.8 Å². The molecule has 0 fully saturated rings. The topological polar surface area (TPSA) is 69.6 Å². The summed E-state index contributed by atoms with van der Waals surface area (Å²) in [6.45, 7) is 0. The SMILES string of the molecule is c1ccc2cc3c(cc2c1)c1ccccc1n3-c1nc(-c2cccc3c2oc2ccccc23)nc2nccnc12. The third-order valence-electron chi connectivity index (χ3n) is 7.71. The first-order valence-electron chi connectivity index (χ1n) is 13.2. The van der Waals surface area contributed by atoms with Crippen LogP contribution >= 0.6 is 0 Å². The second-order valence-electron chi connectivity index (χ2n) is 9.95. The molecule has 0 aliphatic carbocycles. The highest BCUT2D eigenvalue weighted by Crippen LogP contribution is 2.38. The predicted molar refractivity (Wildman–Crippen MR) is 160 cm³/mol. The van der Waals surface area contributed by atoms with Crippen LogP contribution < -0.4 is 0 Å². The van der Waals surface area contributed by atoms with Crippen molar-refractivity contribution in [1.29, 1.82) is 0 Å². The maximum atomic E-state index is 6.35. The number of hydrogen-bond acceptors (Lipinski definition) is 5. The van der Waals surface area contributed by atoms with Crippen LogP contribution in [0.25, 0.3) is 82.9 Å². The van der Waals surface area contributed by atoms with E-state index in [4.69, 9.17) is 19.4 Å². The Balaban J connectivity index is 1.42. The van der Waals surface area contributed by atoms with Gasteiger partial charge in [-0.2, -0.15) is 0 Å². The first-order valence-corrected chi connectivity index (χ1v) is 13.2. The number of benzene rings is 5. The molecule has 0 amide bonds. The number of hydrogen-bond donors (Lipinski definition) is 0. The van der Waals surface area contributed by atoms with Gasteiger partial charge in [-0.1, -0.05) is 72.8 Å². The summed E-state index contributed by atoms with van der Waals surface area (Å²) < 4.78 is 8.54. The Bertz CT molecular complexity index is 2450. The first kappa shape index (κ1) is 21.3. The van der Waals surface area contributed by atoms with Gasteiger partial charge in [-0.15, -0.1) is 0 Å². The van der Waals surface area contributed by atoms with E-state index >= 15 is 0 Å². The summed E-state index contributed by atoms with van der Waals surface area (Å²) in [4.78, 5) is 19.4. The molecule has 6 nitrogen and oxygen atoms in total. The average Bonchev–Trinajstić information content (AvgIpc) is 3.55. The molecule has 5 aromatic carbocycles. The zero-order valence-electron chi connectivity index (χ0n) is 21.1. The van der Waals surface area contributed by atoms with E-state index in [9.17, 15) is 0 Å². The Morgan fingerprint density at radius 1 is 0.575 bits per heavy atom. The van der Waals surface area contributed by atoms with E-state index in [0.29, 0.717) is 22.8 Å². The summed E-state index contributed by atoms with van der Waals surface area (Å²) >= 11 is 0. The molecule has 9 rings (SSSR count). The van der Waals surface area contributed by atoms with E-state index in [-0.39, 0.29) is 0 Å². The van der Waals surface area contributed by atoms with Crippen molar-refractivity contribution in [3.63, 3.8) is 0 Å². The van der Waals surface area contributed by atoms with Crippen LogP contribution in [-0.4, -0.2) is 24.5 Å². The van der Waals surface area contributed by atoms with Crippen molar-refractivity contribution in [3.8, 4) is 17.2 Å². The second-order valence-corrected chi connectivity index (χ2v) is 9.95. The van der Waals surface area contributed by atoms with Gasteiger partial charge in [0, 0.05) is 33.9 Å². The molecule has 0 radical (unpaired) electrons. The number of aromatic nitrogens is 5. The standard InChI is InChI=1S/C34H19N5O/c1-2-9-21-19-28-26(18-20(21)8-1)22-10-3-5-14-27(22)39(28)34-30-33(36-17-16-35-30)37-32(38-34)25-13-7-12-24-23-11-4-6-15-29(23)40-31(24)25/h1-19H. The van der Waals surface area contributed by atoms with Gasteiger partial charge >= 0.3 is 0 Å². The fourth-order valence-electron chi connectivity index (χ4n) is 5.93. The van der Waals surface area contributed by atoms with Crippen LogP contribution in [0.5, 0.6) is 0 Å². The van der Waals surface area contributed by atoms with Crippen molar-refractivity contribution in [3.05, 3.63) is 116 Å². The summed E-state index contributed by atoms with van der Waals surface area (Å²) in [7, 11) is 0. The van der Waals surface area contributed by atoms with Gasteiger partial charge in [-0.05, 0) is 41.1 Å². The number of rotatable bonds is 2. The van der Waals surface area contributed by atoms with Crippen LogP contribution in [0, 0.1) is 0 Å². The Labute approximate surface area is 227 Å². The smallest absolute Gasteiger partial charge is 0.184 e. The van der Waals surface area contributed by atoms with Crippen LogP contribution in [0.15, 0.2) is 120 Å². The van der Waals surface area contributed by atoms with Crippen LogP contribution in [0.2, 0.25) is 0 Å². The minimum Gasteiger partial charge on any atom is -0.455 e. The molecule has 0 bridgehead atoms. The number of para-hydroxylation sites is 3. The molecule has 6 heteroatoms. The maximum absolute atomic E-state index is 6.35. The Morgan fingerprint density at radius 2 is 1.32 bits per heavy atom. The van der Waals surface area contributed by atoms with Gasteiger partial charge in [-0.25, -0.2) is 19.9 Å². The van der Waals surface area contributed by atoms with Crippen molar-refractivity contribution in [1.82, 2.24) is 24.5 Å². The molecule has 0 unspecified atom stereocenters. The fourth-order valence-corrected chi connectivity index (χ4v) is 5.93. The predicted octanol–water partition coefficient (Wildman–Crippen LogP) is 8.24. The van der Waals surface area contributed by atoms with Gasteiger partial charge in [0.05, 0.1) is 16.6 Å². The van der Waals surface area contributed by atoms with E-state index in [0.717, 1.165) is 54.7 Å². The zero-order chi connectivity index (χ0) is 26.2. The van der Waals surface area contributed by atoms with E-state index in [1.165, 1.54) is 5.39 Å². The maximum Gasteiger partial charge on any atom is 0.184 e. The summed E-state index contributed by atoms with van der Waals surface area (Å²) in [6.07, 6.45) is 3.36. The normalized spacial score (nSPS) is 12.0. The van der Waals surface area contributed by atoms with E-state index < -0.39 is 0 Å². The quantitative estimate of drug-likeness (QED) is 0.233.